The van der Waals surface area contributed by atoms with Crippen molar-refractivity contribution in [1.82, 2.24) is 0 Å². The Hall–Kier alpha value is -1.35. The number of hydrogen-bond donors (Lipinski definition) is 0. The Morgan fingerprint density at radius 3 is 2.59 bits per heavy atom. The molecule has 0 N–H and O–H groups in total. The van der Waals surface area contributed by atoms with Crippen molar-refractivity contribution in [3.8, 4) is 0 Å². The topological polar surface area (TPSA) is 34.1 Å². The lowest BCUT2D eigenvalue weighted by molar-refractivity contribution is -0.116. The zero-order valence-electron chi connectivity index (χ0n) is 10.1. The molecule has 0 heterocycles. The summed E-state index contributed by atoms with van der Waals surface area (Å²) in [7, 11) is 0. The van der Waals surface area contributed by atoms with E-state index in [1.54, 1.807) is 13.8 Å². The van der Waals surface area contributed by atoms with Crippen molar-refractivity contribution < 1.29 is 9.59 Å². The first-order valence-electron chi connectivity index (χ1n) is 5.47. The minimum absolute atomic E-state index is 0.117. The van der Waals surface area contributed by atoms with E-state index in [0.29, 0.717) is 12.2 Å². The Kier molecular flexibility index (Phi) is 5.70. The molecule has 0 aromatic heterocycles. The molecule has 0 radical (unpaired) electrons. The summed E-state index contributed by atoms with van der Waals surface area (Å²) >= 11 is 1.28. The van der Waals surface area contributed by atoms with Crippen LogP contribution >= 0.6 is 11.8 Å². The summed E-state index contributed by atoms with van der Waals surface area (Å²) in [4.78, 5) is 21.9. The van der Waals surface area contributed by atoms with Crippen molar-refractivity contribution >= 4 is 28.7 Å². The van der Waals surface area contributed by atoms with E-state index >= 15 is 0 Å². The van der Waals surface area contributed by atoms with Crippen molar-refractivity contribution in [2.45, 2.75) is 20.3 Å². The first-order chi connectivity index (χ1) is 8.09. The lowest BCUT2D eigenvalue weighted by atomic mass is 10.0. The van der Waals surface area contributed by atoms with Crippen molar-refractivity contribution in [1.29, 1.82) is 0 Å². The first-order valence-corrected chi connectivity index (χ1v) is 6.45. The maximum atomic E-state index is 11.1. The zero-order chi connectivity index (χ0) is 12.7. The van der Waals surface area contributed by atoms with E-state index in [4.69, 9.17) is 0 Å². The molecule has 0 aliphatic rings. The van der Waals surface area contributed by atoms with E-state index in [1.807, 2.05) is 36.4 Å². The molecule has 0 atom stereocenters. The molecule has 0 fully saturated rings. The Morgan fingerprint density at radius 1 is 1.24 bits per heavy atom. The van der Waals surface area contributed by atoms with Crippen molar-refractivity contribution in [2.24, 2.45) is 0 Å². The molecule has 0 aliphatic heterocycles. The minimum atomic E-state index is 0.117. The summed E-state index contributed by atoms with van der Waals surface area (Å²) in [5.41, 5.74) is 2.08. The van der Waals surface area contributed by atoms with Crippen LogP contribution in [0.3, 0.4) is 0 Å². The van der Waals surface area contributed by atoms with E-state index in [9.17, 15) is 9.59 Å². The summed E-state index contributed by atoms with van der Waals surface area (Å²) in [6.45, 7) is 3.15. The number of hydrogen-bond acceptors (Lipinski definition) is 3. The quantitative estimate of drug-likeness (QED) is 0.803. The highest BCUT2D eigenvalue weighted by atomic mass is 32.2. The summed E-state index contributed by atoms with van der Waals surface area (Å²) < 4.78 is 0. The Labute approximate surface area is 106 Å². The molecule has 0 bridgehead atoms. The zero-order valence-corrected chi connectivity index (χ0v) is 10.9. The predicted octanol–water partition coefficient (Wildman–Crippen LogP) is 3.11. The molecule has 1 aromatic carbocycles. The molecule has 3 heteroatoms. The number of benzene rings is 1. The SMILES string of the molecule is CC(=O)Cc1ccccc1C=CCSC(C)=O. The lowest BCUT2D eigenvalue weighted by Gasteiger charge is -2.03. The second-order valence-corrected chi connectivity index (χ2v) is 4.98. The van der Waals surface area contributed by atoms with Gasteiger partial charge >= 0.3 is 0 Å². The van der Waals surface area contributed by atoms with Gasteiger partial charge in [-0.2, -0.15) is 0 Å². The fraction of sp³-hybridized carbons (Fsp3) is 0.286. The van der Waals surface area contributed by atoms with Crippen LogP contribution in [0, 0.1) is 0 Å². The molecule has 0 aliphatic carbocycles. The summed E-state index contributed by atoms with van der Waals surface area (Å²) in [6.07, 6.45) is 4.37. The summed E-state index contributed by atoms with van der Waals surface area (Å²) in [5.74, 6) is 0.827. The Balaban J connectivity index is 2.69. The average molecular weight is 248 g/mol. The molecule has 1 rings (SSSR count). The van der Waals surface area contributed by atoms with E-state index in [0.717, 1.165) is 11.1 Å². The maximum Gasteiger partial charge on any atom is 0.186 e. The van der Waals surface area contributed by atoms with Crippen LogP contribution in [0.15, 0.2) is 30.3 Å². The molecule has 2 nitrogen and oxygen atoms in total. The Morgan fingerprint density at radius 2 is 1.94 bits per heavy atom. The van der Waals surface area contributed by atoms with Crippen LogP contribution in [0.4, 0.5) is 0 Å². The third kappa shape index (κ3) is 5.50. The van der Waals surface area contributed by atoms with Gasteiger partial charge in [0, 0.05) is 19.1 Å². The second-order valence-electron chi connectivity index (χ2n) is 3.78. The highest BCUT2D eigenvalue weighted by molar-refractivity contribution is 8.13. The van der Waals surface area contributed by atoms with Crippen LogP contribution in [0.25, 0.3) is 6.08 Å². The maximum absolute atomic E-state index is 11.1. The van der Waals surface area contributed by atoms with Gasteiger partial charge in [0.05, 0.1) is 0 Å². The fourth-order valence-electron chi connectivity index (χ4n) is 1.47. The lowest BCUT2D eigenvalue weighted by Crippen LogP contribution is -1.98. The van der Waals surface area contributed by atoms with Crippen LogP contribution in [0.2, 0.25) is 0 Å². The molecule has 0 saturated heterocycles. The van der Waals surface area contributed by atoms with Gasteiger partial charge < -0.3 is 0 Å². The molecule has 0 spiro atoms. The van der Waals surface area contributed by atoms with Gasteiger partial charge in [0.2, 0.25) is 0 Å². The molecule has 17 heavy (non-hydrogen) atoms. The largest absolute Gasteiger partial charge is 0.300 e. The molecule has 0 saturated carbocycles. The third-order valence-electron chi connectivity index (χ3n) is 2.17. The third-order valence-corrected chi connectivity index (χ3v) is 2.94. The number of Topliss-reactive ketones (excluding diaryl/α,β-unsaturated/α-hetero) is 1. The number of rotatable bonds is 5. The van der Waals surface area contributed by atoms with Crippen LogP contribution in [0.5, 0.6) is 0 Å². The number of ketones is 1. The van der Waals surface area contributed by atoms with Crippen LogP contribution in [-0.4, -0.2) is 16.7 Å². The number of thioether (sulfide) groups is 1. The van der Waals surface area contributed by atoms with Gasteiger partial charge in [-0.25, -0.2) is 0 Å². The van der Waals surface area contributed by atoms with Gasteiger partial charge in [0.15, 0.2) is 5.12 Å². The monoisotopic (exact) mass is 248 g/mol. The van der Waals surface area contributed by atoms with Crippen molar-refractivity contribution in [3.63, 3.8) is 0 Å². The van der Waals surface area contributed by atoms with E-state index in [2.05, 4.69) is 0 Å². The van der Waals surface area contributed by atoms with Crippen molar-refractivity contribution in [3.05, 3.63) is 41.5 Å². The van der Waals surface area contributed by atoms with Crippen LogP contribution < -0.4 is 0 Å². The van der Waals surface area contributed by atoms with Gasteiger partial charge in [-0.05, 0) is 18.1 Å². The normalized spacial score (nSPS) is 10.7. The van der Waals surface area contributed by atoms with Gasteiger partial charge in [-0.1, -0.05) is 48.2 Å². The van der Waals surface area contributed by atoms with Crippen LogP contribution in [-0.2, 0) is 16.0 Å². The van der Waals surface area contributed by atoms with E-state index in [1.165, 1.54) is 11.8 Å². The fourth-order valence-corrected chi connectivity index (χ4v) is 1.89. The van der Waals surface area contributed by atoms with Gasteiger partial charge in [0.1, 0.15) is 5.78 Å². The van der Waals surface area contributed by atoms with Crippen molar-refractivity contribution in [2.75, 3.05) is 5.75 Å². The van der Waals surface area contributed by atoms with Gasteiger partial charge in [-0.15, -0.1) is 0 Å². The second kappa shape index (κ2) is 7.07. The molecule has 90 valence electrons. The average Bonchev–Trinajstić information content (AvgIpc) is 2.25. The molecule has 0 unspecified atom stereocenters. The van der Waals surface area contributed by atoms with Crippen LogP contribution in [0.1, 0.15) is 25.0 Å². The Bertz CT molecular complexity index is 436. The highest BCUT2D eigenvalue weighted by Gasteiger charge is 2.01. The summed E-state index contributed by atoms with van der Waals surface area (Å²) in [6, 6.07) is 7.81. The standard InChI is InChI=1S/C14H16O2S/c1-11(15)10-14-7-4-3-6-13(14)8-5-9-17-12(2)16/h3-8H,9-10H2,1-2H3. The van der Waals surface area contributed by atoms with E-state index in [-0.39, 0.29) is 10.9 Å². The molecule has 0 amide bonds. The minimum Gasteiger partial charge on any atom is -0.300 e. The first kappa shape index (κ1) is 13.7. The van der Waals surface area contributed by atoms with E-state index < -0.39 is 0 Å². The number of carbonyl (C=O) groups is 2. The summed E-state index contributed by atoms with van der Waals surface area (Å²) in [5, 5.41) is 0.117. The highest BCUT2D eigenvalue weighted by Crippen LogP contribution is 2.13. The molecular formula is C14H16O2S. The molecular weight excluding hydrogens is 232 g/mol. The van der Waals surface area contributed by atoms with Gasteiger partial charge in [0.25, 0.3) is 0 Å². The number of carbonyl (C=O) groups excluding carboxylic acids is 2. The predicted molar refractivity (Wildman–Crippen MR) is 73.0 cm³/mol. The molecule has 1 aromatic rings. The van der Waals surface area contributed by atoms with Gasteiger partial charge in [-0.3, -0.25) is 9.59 Å². The smallest absolute Gasteiger partial charge is 0.186 e.